The van der Waals surface area contributed by atoms with E-state index < -0.39 is 0 Å². The van der Waals surface area contributed by atoms with Crippen molar-refractivity contribution in [2.24, 2.45) is 0 Å². The highest BCUT2D eigenvalue weighted by Gasteiger charge is 2.28. The first-order chi connectivity index (χ1) is 10.7. The maximum Gasteiger partial charge on any atom is 0.230 e. The molecule has 1 heterocycles. The van der Waals surface area contributed by atoms with Crippen LogP contribution in [0.25, 0.3) is 0 Å². The molecule has 1 amide bonds. The molecule has 0 spiro atoms. The summed E-state index contributed by atoms with van der Waals surface area (Å²) in [7, 11) is 0. The van der Waals surface area contributed by atoms with E-state index in [0.717, 1.165) is 12.8 Å². The summed E-state index contributed by atoms with van der Waals surface area (Å²) in [4.78, 5) is 11.8. The monoisotopic (exact) mass is 321 g/mol. The number of benzene rings is 1. The zero-order valence-corrected chi connectivity index (χ0v) is 12.7. The molecule has 0 saturated heterocycles. The second-order valence-electron chi connectivity index (χ2n) is 5.12. The van der Waals surface area contributed by atoms with Crippen LogP contribution in [0.3, 0.4) is 0 Å². The van der Waals surface area contributed by atoms with Gasteiger partial charge >= 0.3 is 0 Å². The van der Waals surface area contributed by atoms with Gasteiger partial charge in [-0.2, -0.15) is 0 Å². The molecular weight excluding hydrogens is 305 g/mol. The summed E-state index contributed by atoms with van der Waals surface area (Å²) in [6, 6.07) is 6.97. The number of rotatable bonds is 7. The normalized spacial score (nSPS) is 14.0. The molecule has 0 aliphatic heterocycles. The van der Waals surface area contributed by atoms with E-state index in [4.69, 9.17) is 0 Å². The maximum absolute atomic E-state index is 13.4. The van der Waals surface area contributed by atoms with Crippen LogP contribution < -0.4 is 5.32 Å². The van der Waals surface area contributed by atoms with Gasteiger partial charge in [0.05, 0.1) is 11.8 Å². The van der Waals surface area contributed by atoms with Crippen LogP contribution in [0.5, 0.6) is 0 Å². The highest BCUT2D eigenvalue weighted by atomic mass is 32.2. The molecule has 116 valence electrons. The molecule has 1 aromatic heterocycles. The summed E-state index contributed by atoms with van der Waals surface area (Å²) >= 11 is 1.32. The molecule has 8 heteroatoms. The fourth-order valence-electron chi connectivity index (χ4n) is 2.05. The molecule has 1 N–H and O–H groups in total. The molecule has 0 radical (unpaired) electrons. The molecule has 6 nitrogen and oxygen atoms in total. The summed E-state index contributed by atoms with van der Waals surface area (Å²) in [6.07, 6.45) is 2.66. The fourth-order valence-corrected chi connectivity index (χ4v) is 2.82. The van der Waals surface area contributed by atoms with Crippen molar-refractivity contribution in [1.82, 2.24) is 25.5 Å². The number of halogens is 1. The number of amides is 1. The maximum atomic E-state index is 13.4. The minimum absolute atomic E-state index is 0.105. The molecule has 0 unspecified atom stereocenters. The number of aromatic nitrogens is 4. The zero-order valence-electron chi connectivity index (χ0n) is 11.9. The Labute approximate surface area is 131 Å². The fraction of sp³-hybridized carbons (Fsp3) is 0.429. The molecule has 1 fully saturated rings. The number of carbonyl (C=O) groups is 1. The predicted octanol–water partition coefficient (Wildman–Crippen LogP) is 1.60. The van der Waals surface area contributed by atoms with Gasteiger partial charge in [-0.15, -0.1) is 5.10 Å². The van der Waals surface area contributed by atoms with Crippen LogP contribution in [0.2, 0.25) is 0 Å². The third-order valence-corrected chi connectivity index (χ3v) is 4.30. The van der Waals surface area contributed by atoms with Gasteiger partial charge in [0.2, 0.25) is 11.1 Å². The smallest absolute Gasteiger partial charge is 0.230 e. The third kappa shape index (κ3) is 3.82. The Kier molecular flexibility index (Phi) is 4.67. The van der Waals surface area contributed by atoms with Crippen molar-refractivity contribution >= 4 is 17.7 Å². The molecule has 1 aliphatic carbocycles. The van der Waals surface area contributed by atoms with E-state index in [9.17, 15) is 9.18 Å². The van der Waals surface area contributed by atoms with E-state index in [-0.39, 0.29) is 17.5 Å². The van der Waals surface area contributed by atoms with Crippen LogP contribution in [-0.4, -0.2) is 38.4 Å². The van der Waals surface area contributed by atoms with E-state index in [0.29, 0.717) is 29.7 Å². The predicted molar refractivity (Wildman–Crippen MR) is 79.9 cm³/mol. The van der Waals surface area contributed by atoms with Crippen molar-refractivity contribution < 1.29 is 9.18 Å². The summed E-state index contributed by atoms with van der Waals surface area (Å²) in [5.74, 6) is -0.0916. The summed E-state index contributed by atoms with van der Waals surface area (Å²) in [5.41, 5.74) is 0.605. The van der Waals surface area contributed by atoms with Crippen molar-refractivity contribution in [3.8, 4) is 0 Å². The van der Waals surface area contributed by atoms with Crippen LogP contribution in [0.4, 0.5) is 4.39 Å². The van der Waals surface area contributed by atoms with E-state index in [1.807, 2.05) is 0 Å². The van der Waals surface area contributed by atoms with Gasteiger partial charge in [0.25, 0.3) is 0 Å². The minimum Gasteiger partial charge on any atom is -0.355 e. The van der Waals surface area contributed by atoms with Gasteiger partial charge in [-0.05, 0) is 41.3 Å². The number of nitrogens with zero attached hydrogens (tertiary/aromatic N) is 4. The highest BCUT2D eigenvalue weighted by molar-refractivity contribution is 7.99. The average molecular weight is 321 g/mol. The average Bonchev–Trinajstić information content (AvgIpc) is 3.25. The number of tetrazole rings is 1. The molecule has 22 heavy (non-hydrogen) atoms. The number of hydrogen-bond donors (Lipinski definition) is 1. The topological polar surface area (TPSA) is 72.7 Å². The van der Waals surface area contributed by atoms with Gasteiger partial charge in [0.15, 0.2) is 0 Å². The van der Waals surface area contributed by atoms with E-state index in [1.54, 1.807) is 22.9 Å². The first kappa shape index (κ1) is 15.0. The Bertz CT molecular complexity index is 658. The van der Waals surface area contributed by atoms with Gasteiger partial charge in [-0.1, -0.05) is 30.0 Å². The van der Waals surface area contributed by atoms with Crippen molar-refractivity contribution in [3.05, 3.63) is 35.6 Å². The first-order valence-corrected chi connectivity index (χ1v) is 8.13. The lowest BCUT2D eigenvalue weighted by Crippen LogP contribution is -2.27. The van der Waals surface area contributed by atoms with Crippen molar-refractivity contribution in [2.75, 3.05) is 12.3 Å². The van der Waals surface area contributed by atoms with E-state index in [1.165, 1.54) is 17.8 Å². The standard InChI is InChI=1S/C14H16FN5OS/c15-12-4-2-1-3-10(12)7-8-16-13(21)9-22-14-17-18-19-20(14)11-5-6-11/h1-4,11H,5-9H2,(H,16,21). The number of hydrogen-bond acceptors (Lipinski definition) is 5. The molecule has 2 aromatic rings. The largest absolute Gasteiger partial charge is 0.355 e. The Morgan fingerprint density at radius 3 is 3.00 bits per heavy atom. The Balaban J connectivity index is 1.41. The van der Waals surface area contributed by atoms with Crippen LogP contribution in [-0.2, 0) is 11.2 Å². The second kappa shape index (κ2) is 6.87. The summed E-state index contributed by atoms with van der Waals surface area (Å²) in [6.45, 7) is 0.411. The number of nitrogens with one attached hydrogen (secondary N) is 1. The van der Waals surface area contributed by atoms with E-state index >= 15 is 0 Å². The number of carbonyl (C=O) groups excluding carboxylic acids is 1. The molecule has 1 aliphatic rings. The van der Waals surface area contributed by atoms with Crippen molar-refractivity contribution in [2.45, 2.75) is 30.5 Å². The summed E-state index contributed by atoms with van der Waals surface area (Å²) < 4.78 is 15.2. The van der Waals surface area contributed by atoms with E-state index in [2.05, 4.69) is 20.8 Å². The SMILES string of the molecule is O=C(CSc1nnnn1C1CC1)NCCc1ccccc1F. The van der Waals surface area contributed by atoms with Gasteiger partial charge in [0, 0.05) is 6.54 Å². The Morgan fingerprint density at radius 2 is 2.23 bits per heavy atom. The lowest BCUT2D eigenvalue weighted by molar-refractivity contribution is -0.118. The lowest BCUT2D eigenvalue weighted by Gasteiger charge is -2.06. The molecular formula is C14H16FN5OS. The Morgan fingerprint density at radius 1 is 1.41 bits per heavy atom. The van der Waals surface area contributed by atoms with Gasteiger partial charge in [0.1, 0.15) is 5.82 Å². The van der Waals surface area contributed by atoms with Crippen LogP contribution in [0.15, 0.2) is 29.4 Å². The Hall–Kier alpha value is -1.96. The molecule has 1 saturated carbocycles. The van der Waals surface area contributed by atoms with Crippen LogP contribution in [0.1, 0.15) is 24.4 Å². The number of thioether (sulfide) groups is 1. The minimum atomic E-state index is -0.241. The van der Waals surface area contributed by atoms with Gasteiger partial charge < -0.3 is 5.32 Å². The summed E-state index contributed by atoms with van der Waals surface area (Å²) in [5, 5.41) is 14.9. The molecule has 1 aromatic carbocycles. The first-order valence-electron chi connectivity index (χ1n) is 7.15. The highest BCUT2D eigenvalue weighted by Crippen LogP contribution is 2.36. The third-order valence-electron chi connectivity index (χ3n) is 3.36. The van der Waals surface area contributed by atoms with Gasteiger partial charge in [-0.25, -0.2) is 9.07 Å². The van der Waals surface area contributed by atoms with Crippen molar-refractivity contribution in [1.29, 1.82) is 0 Å². The zero-order chi connectivity index (χ0) is 15.4. The van der Waals surface area contributed by atoms with Crippen LogP contribution in [0, 0.1) is 5.82 Å². The molecule has 0 atom stereocenters. The lowest BCUT2D eigenvalue weighted by atomic mass is 10.1. The molecule has 3 rings (SSSR count). The van der Waals surface area contributed by atoms with Gasteiger partial charge in [-0.3, -0.25) is 4.79 Å². The van der Waals surface area contributed by atoms with Crippen LogP contribution >= 0.6 is 11.8 Å². The molecule has 0 bridgehead atoms. The quantitative estimate of drug-likeness (QED) is 0.784. The van der Waals surface area contributed by atoms with Crippen molar-refractivity contribution in [3.63, 3.8) is 0 Å². The second-order valence-corrected chi connectivity index (χ2v) is 6.06.